The Bertz CT molecular complexity index is 398. The fraction of sp³-hybridized carbons (Fsp3) is 0.500. The standard InChI is InChI=1S/C12H17BFNO2S/c14-12-3-2-10(8-11(12)13(16)17)9-15-4-1-6-18-7-5-15/h2-3,8,16-17H,1,4-7,9H2. The first-order valence-electron chi connectivity index (χ1n) is 6.11. The van der Waals surface area contributed by atoms with Crippen molar-refractivity contribution in [3.05, 3.63) is 29.6 Å². The molecule has 0 aliphatic carbocycles. The first-order valence-corrected chi connectivity index (χ1v) is 7.27. The Balaban J connectivity index is 2.06. The smallest absolute Gasteiger partial charge is 0.423 e. The van der Waals surface area contributed by atoms with Crippen LogP contribution in [0.2, 0.25) is 0 Å². The molecule has 2 rings (SSSR count). The van der Waals surface area contributed by atoms with Gasteiger partial charge in [0.05, 0.1) is 0 Å². The molecule has 1 aliphatic rings. The van der Waals surface area contributed by atoms with E-state index < -0.39 is 12.9 Å². The quantitative estimate of drug-likeness (QED) is 0.782. The van der Waals surface area contributed by atoms with Gasteiger partial charge in [-0.1, -0.05) is 12.1 Å². The molecule has 0 aromatic heterocycles. The summed E-state index contributed by atoms with van der Waals surface area (Å²) in [5.74, 6) is 1.75. The summed E-state index contributed by atoms with van der Waals surface area (Å²) in [5, 5.41) is 18.2. The lowest BCUT2D eigenvalue weighted by Crippen LogP contribution is -2.34. The van der Waals surface area contributed by atoms with E-state index in [1.807, 2.05) is 11.8 Å². The maximum Gasteiger partial charge on any atom is 0.491 e. The third kappa shape index (κ3) is 3.72. The third-order valence-electron chi connectivity index (χ3n) is 3.06. The van der Waals surface area contributed by atoms with E-state index in [2.05, 4.69) is 4.90 Å². The van der Waals surface area contributed by atoms with Crippen LogP contribution in [0.1, 0.15) is 12.0 Å². The molecule has 0 spiro atoms. The highest BCUT2D eigenvalue weighted by Gasteiger charge is 2.17. The van der Waals surface area contributed by atoms with Gasteiger partial charge in [-0.15, -0.1) is 0 Å². The number of rotatable bonds is 3. The van der Waals surface area contributed by atoms with E-state index in [4.69, 9.17) is 10.0 Å². The largest absolute Gasteiger partial charge is 0.491 e. The Kier molecular flexibility index (Phi) is 5.06. The topological polar surface area (TPSA) is 43.7 Å². The molecule has 3 nitrogen and oxygen atoms in total. The Hall–Kier alpha value is -0.555. The molecule has 1 heterocycles. The van der Waals surface area contributed by atoms with Crippen molar-refractivity contribution in [1.29, 1.82) is 0 Å². The minimum atomic E-state index is -1.75. The Morgan fingerprint density at radius 3 is 2.89 bits per heavy atom. The average Bonchev–Trinajstić information content (AvgIpc) is 2.60. The normalized spacial score (nSPS) is 17.5. The Morgan fingerprint density at radius 1 is 1.28 bits per heavy atom. The van der Waals surface area contributed by atoms with E-state index in [0.29, 0.717) is 0 Å². The highest BCUT2D eigenvalue weighted by molar-refractivity contribution is 7.99. The fourth-order valence-corrected chi connectivity index (χ4v) is 3.03. The Labute approximate surface area is 111 Å². The van der Waals surface area contributed by atoms with Gasteiger partial charge in [0, 0.05) is 24.3 Å². The molecule has 18 heavy (non-hydrogen) atoms. The number of benzene rings is 1. The van der Waals surface area contributed by atoms with Crippen LogP contribution in [0, 0.1) is 5.82 Å². The number of thioether (sulfide) groups is 1. The Morgan fingerprint density at radius 2 is 2.11 bits per heavy atom. The summed E-state index contributed by atoms with van der Waals surface area (Å²) in [4.78, 5) is 2.32. The number of hydrogen-bond acceptors (Lipinski definition) is 4. The number of nitrogens with zero attached hydrogens (tertiary/aromatic N) is 1. The van der Waals surface area contributed by atoms with Crippen LogP contribution < -0.4 is 5.46 Å². The zero-order chi connectivity index (χ0) is 13.0. The van der Waals surface area contributed by atoms with E-state index in [-0.39, 0.29) is 5.46 Å². The first kappa shape index (κ1) is 13.9. The van der Waals surface area contributed by atoms with Crippen LogP contribution in [-0.4, -0.2) is 46.7 Å². The SMILES string of the molecule is OB(O)c1cc(CN2CCCSCC2)ccc1F. The molecule has 0 atom stereocenters. The van der Waals surface area contributed by atoms with Gasteiger partial charge in [0.1, 0.15) is 5.82 Å². The molecule has 1 aliphatic heterocycles. The molecule has 1 aromatic rings. The summed E-state index contributed by atoms with van der Waals surface area (Å²) in [6.07, 6.45) is 1.17. The summed E-state index contributed by atoms with van der Waals surface area (Å²) >= 11 is 1.96. The van der Waals surface area contributed by atoms with Crippen LogP contribution in [0.4, 0.5) is 4.39 Å². The van der Waals surface area contributed by atoms with Crippen LogP contribution in [0.15, 0.2) is 18.2 Å². The molecule has 0 radical (unpaired) electrons. The molecule has 0 bridgehead atoms. The molecule has 0 amide bonds. The second kappa shape index (κ2) is 6.56. The van der Waals surface area contributed by atoms with Crippen molar-refractivity contribution < 1.29 is 14.4 Å². The molecular weight excluding hydrogens is 252 g/mol. The van der Waals surface area contributed by atoms with E-state index in [1.54, 1.807) is 6.07 Å². The minimum Gasteiger partial charge on any atom is -0.423 e. The lowest BCUT2D eigenvalue weighted by Gasteiger charge is -2.19. The third-order valence-corrected chi connectivity index (χ3v) is 4.11. The number of halogens is 1. The van der Waals surface area contributed by atoms with Crippen molar-refractivity contribution >= 4 is 24.3 Å². The van der Waals surface area contributed by atoms with E-state index in [1.165, 1.54) is 24.3 Å². The molecule has 6 heteroatoms. The number of hydrogen-bond donors (Lipinski definition) is 2. The van der Waals surface area contributed by atoms with Crippen molar-refractivity contribution in [1.82, 2.24) is 4.90 Å². The molecule has 1 aromatic carbocycles. The van der Waals surface area contributed by atoms with Crippen LogP contribution in [0.3, 0.4) is 0 Å². The van der Waals surface area contributed by atoms with Crippen LogP contribution in [-0.2, 0) is 6.54 Å². The van der Waals surface area contributed by atoms with Gasteiger partial charge in [0.25, 0.3) is 0 Å². The van der Waals surface area contributed by atoms with Crippen molar-refractivity contribution in [2.24, 2.45) is 0 Å². The van der Waals surface area contributed by atoms with E-state index in [9.17, 15) is 4.39 Å². The molecule has 2 N–H and O–H groups in total. The summed E-state index contributed by atoms with van der Waals surface area (Å²) < 4.78 is 13.3. The summed E-state index contributed by atoms with van der Waals surface area (Å²) in [7, 11) is -1.75. The zero-order valence-corrected chi connectivity index (χ0v) is 11.0. The molecular formula is C12H17BFNO2S. The highest BCUT2D eigenvalue weighted by Crippen LogP contribution is 2.13. The van der Waals surface area contributed by atoms with Gasteiger partial charge in [-0.2, -0.15) is 11.8 Å². The fourth-order valence-electron chi connectivity index (χ4n) is 2.10. The summed E-state index contributed by atoms with van der Waals surface area (Å²) in [6.45, 7) is 2.81. The molecule has 0 saturated carbocycles. The maximum absolute atomic E-state index is 13.3. The van der Waals surface area contributed by atoms with E-state index >= 15 is 0 Å². The van der Waals surface area contributed by atoms with Gasteiger partial charge >= 0.3 is 7.12 Å². The second-order valence-corrected chi connectivity index (χ2v) is 5.70. The van der Waals surface area contributed by atoms with Crippen molar-refractivity contribution in [2.45, 2.75) is 13.0 Å². The molecule has 1 saturated heterocycles. The summed E-state index contributed by atoms with van der Waals surface area (Å²) in [5.41, 5.74) is 0.878. The van der Waals surface area contributed by atoms with Gasteiger partial charge in [-0.3, -0.25) is 4.90 Å². The van der Waals surface area contributed by atoms with Gasteiger partial charge in [0.15, 0.2) is 0 Å². The second-order valence-electron chi connectivity index (χ2n) is 4.47. The highest BCUT2D eigenvalue weighted by atomic mass is 32.2. The molecule has 1 fully saturated rings. The van der Waals surface area contributed by atoms with Gasteiger partial charge in [-0.05, 0) is 30.3 Å². The van der Waals surface area contributed by atoms with Gasteiger partial charge < -0.3 is 10.0 Å². The minimum absolute atomic E-state index is 0.0447. The van der Waals surface area contributed by atoms with Crippen LogP contribution >= 0.6 is 11.8 Å². The van der Waals surface area contributed by atoms with Crippen molar-refractivity contribution in [3.63, 3.8) is 0 Å². The maximum atomic E-state index is 13.3. The molecule has 98 valence electrons. The van der Waals surface area contributed by atoms with Gasteiger partial charge in [0.2, 0.25) is 0 Å². The lowest BCUT2D eigenvalue weighted by atomic mass is 9.79. The summed E-state index contributed by atoms with van der Waals surface area (Å²) in [6, 6.07) is 4.55. The average molecular weight is 269 g/mol. The van der Waals surface area contributed by atoms with Crippen molar-refractivity contribution in [3.8, 4) is 0 Å². The van der Waals surface area contributed by atoms with Crippen LogP contribution in [0.25, 0.3) is 0 Å². The zero-order valence-electron chi connectivity index (χ0n) is 10.2. The first-order chi connectivity index (χ1) is 8.66. The molecule has 0 unspecified atom stereocenters. The van der Waals surface area contributed by atoms with Crippen molar-refractivity contribution in [2.75, 3.05) is 24.6 Å². The van der Waals surface area contributed by atoms with E-state index in [0.717, 1.165) is 31.0 Å². The monoisotopic (exact) mass is 269 g/mol. The predicted octanol–water partition coefficient (Wildman–Crippen LogP) is 0.444. The van der Waals surface area contributed by atoms with Crippen LogP contribution in [0.5, 0.6) is 0 Å². The lowest BCUT2D eigenvalue weighted by molar-refractivity contribution is 0.287. The predicted molar refractivity (Wildman–Crippen MR) is 73.4 cm³/mol. The van der Waals surface area contributed by atoms with Gasteiger partial charge in [-0.25, -0.2) is 4.39 Å².